The van der Waals surface area contributed by atoms with E-state index in [9.17, 15) is 4.79 Å². The molecule has 2 amide bonds. The fourth-order valence-electron chi connectivity index (χ4n) is 2.72. The number of amides is 2. The van der Waals surface area contributed by atoms with E-state index in [0.717, 1.165) is 30.6 Å². The molecule has 2 aromatic rings. The van der Waals surface area contributed by atoms with Crippen molar-refractivity contribution in [3.8, 4) is 0 Å². The van der Waals surface area contributed by atoms with Gasteiger partial charge in [-0.1, -0.05) is 18.9 Å². The molecule has 3 rings (SSSR count). The summed E-state index contributed by atoms with van der Waals surface area (Å²) in [5.41, 5.74) is 1.94. The van der Waals surface area contributed by atoms with Crippen LogP contribution in [0.25, 0.3) is 5.65 Å². The molecule has 0 atom stereocenters. The second-order valence-electron chi connectivity index (χ2n) is 5.33. The van der Waals surface area contributed by atoms with Crippen LogP contribution in [0.2, 0.25) is 0 Å². The van der Waals surface area contributed by atoms with Gasteiger partial charge in [0.1, 0.15) is 5.65 Å². The Morgan fingerprint density at radius 2 is 2.20 bits per heavy atom. The SMILES string of the molecule is O=C(NCCc1cn2ccccc2n1)NC1CCCC1. The lowest BCUT2D eigenvalue weighted by Gasteiger charge is -2.12. The van der Waals surface area contributed by atoms with E-state index >= 15 is 0 Å². The van der Waals surface area contributed by atoms with Crippen LogP contribution in [0.3, 0.4) is 0 Å². The maximum Gasteiger partial charge on any atom is 0.315 e. The number of imidazole rings is 1. The van der Waals surface area contributed by atoms with Crippen molar-refractivity contribution >= 4 is 11.7 Å². The van der Waals surface area contributed by atoms with Gasteiger partial charge in [-0.15, -0.1) is 0 Å². The molecule has 2 heterocycles. The third-order valence-corrected chi connectivity index (χ3v) is 3.77. The molecule has 0 bridgehead atoms. The van der Waals surface area contributed by atoms with Gasteiger partial charge in [0.05, 0.1) is 5.69 Å². The van der Waals surface area contributed by atoms with E-state index in [-0.39, 0.29) is 6.03 Å². The molecule has 5 heteroatoms. The second kappa shape index (κ2) is 5.94. The molecule has 20 heavy (non-hydrogen) atoms. The van der Waals surface area contributed by atoms with E-state index in [1.54, 1.807) is 0 Å². The van der Waals surface area contributed by atoms with Crippen molar-refractivity contribution in [2.75, 3.05) is 6.54 Å². The summed E-state index contributed by atoms with van der Waals surface area (Å²) in [4.78, 5) is 16.2. The molecule has 0 unspecified atom stereocenters. The van der Waals surface area contributed by atoms with Crippen molar-refractivity contribution < 1.29 is 4.79 Å². The summed E-state index contributed by atoms with van der Waals surface area (Å²) in [5, 5.41) is 5.92. The third-order valence-electron chi connectivity index (χ3n) is 3.77. The maximum absolute atomic E-state index is 11.7. The Hall–Kier alpha value is -2.04. The first-order chi connectivity index (χ1) is 9.81. The largest absolute Gasteiger partial charge is 0.338 e. The third kappa shape index (κ3) is 3.10. The van der Waals surface area contributed by atoms with E-state index in [1.807, 2.05) is 35.0 Å². The molecule has 2 aromatic heterocycles. The summed E-state index contributed by atoms with van der Waals surface area (Å²) in [6.45, 7) is 0.614. The van der Waals surface area contributed by atoms with Gasteiger partial charge in [0.25, 0.3) is 0 Å². The van der Waals surface area contributed by atoms with Gasteiger partial charge < -0.3 is 15.0 Å². The highest BCUT2D eigenvalue weighted by Crippen LogP contribution is 2.17. The molecule has 5 nitrogen and oxygen atoms in total. The van der Waals surface area contributed by atoms with Gasteiger partial charge in [-0.2, -0.15) is 0 Å². The van der Waals surface area contributed by atoms with Crippen LogP contribution in [0, 0.1) is 0 Å². The number of rotatable bonds is 4. The molecule has 2 N–H and O–H groups in total. The van der Waals surface area contributed by atoms with Crippen LogP contribution < -0.4 is 10.6 Å². The molecule has 0 aromatic carbocycles. The predicted octanol–water partition coefficient (Wildman–Crippen LogP) is 2.12. The van der Waals surface area contributed by atoms with E-state index in [0.29, 0.717) is 12.6 Å². The van der Waals surface area contributed by atoms with Gasteiger partial charge in [-0.05, 0) is 25.0 Å². The first-order valence-electron chi connectivity index (χ1n) is 7.28. The topological polar surface area (TPSA) is 58.4 Å². The highest BCUT2D eigenvalue weighted by Gasteiger charge is 2.16. The number of hydrogen-bond acceptors (Lipinski definition) is 2. The molecule has 1 aliphatic carbocycles. The summed E-state index contributed by atoms with van der Waals surface area (Å²) in [6.07, 6.45) is 9.41. The summed E-state index contributed by atoms with van der Waals surface area (Å²) in [6, 6.07) is 6.24. The number of pyridine rings is 1. The molecule has 106 valence electrons. The maximum atomic E-state index is 11.7. The van der Waals surface area contributed by atoms with Crippen LogP contribution in [-0.2, 0) is 6.42 Å². The number of urea groups is 1. The normalized spacial score (nSPS) is 15.6. The molecule has 0 saturated heterocycles. The standard InChI is InChI=1S/C15H20N4O/c20-15(18-12-5-1-2-6-12)16-9-8-13-11-19-10-4-3-7-14(19)17-13/h3-4,7,10-12H,1-2,5-6,8-9H2,(H2,16,18,20). The van der Waals surface area contributed by atoms with Gasteiger partial charge in [-0.3, -0.25) is 0 Å². The van der Waals surface area contributed by atoms with Crippen LogP contribution >= 0.6 is 0 Å². The number of hydrogen-bond donors (Lipinski definition) is 2. The number of nitrogens with zero attached hydrogens (tertiary/aromatic N) is 2. The fraction of sp³-hybridized carbons (Fsp3) is 0.467. The van der Waals surface area contributed by atoms with Gasteiger partial charge in [0, 0.05) is 31.4 Å². The fourth-order valence-corrected chi connectivity index (χ4v) is 2.72. The average molecular weight is 272 g/mol. The molecule has 1 fully saturated rings. The smallest absolute Gasteiger partial charge is 0.315 e. The van der Waals surface area contributed by atoms with Crippen molar-refractivity contribution in [2.45, 2.75) is 38.1 Å². The Morgan fingerprint density at radius 3 is 3.00 bits per heavy atom. The lowest BCUT2D eigenvalue weighted by atomic mass is 10.2. The average Bonchev–Trinajstić information content (AvgIpc) is 3.07. The summed E-state index contributed by atoms with van der Waals surface area (Å²) in [7, 11) is 0. The quantitative estimate of drug-likeness (QED) is 0.895. The van der Waals surface area contributed by atoms with Crippen molar-refractivity contribution in [1.29, 1.82) is 0 Å². The number of fused-ring (bicyclic) bond motifs is 1. The van der Waals surface area contributed by atoms with E-state index in [4.69, 9.17) is 0 Å². The minimum atomic E-state index is -0.0549. The minimum Gasteiger partial charge on any atom is -0.338 e. The van der Waals surface area contributed by atoms with Crippen molar-refractivity contribution in [3.05, 3.63) is 36.3 Å². The summed E-state index contributed by atoms with van der Waals surface area (Å²) >= 11 is 0. The van der Waals surface area contributed by atoms with Crippen molar-refractivity contribution in [1.82, 2.24) is 20.0 Å². The first kappa shape index (κ1) is 13.0. The zero-order valence-electron chi connectivity index (χ0n) is 11.5. The van der Waals surface area contributed by atoms with E-state index < -0.39 is 0 Å². The van der Waals surface area contributed by atoms with Crippen molar-refractivity contribution in [2.24, 2.45) is 0 Å². The Balaban J connectivity index is 1.45. The first-order valence-corrected chi connectivity index (χ1v) is 7.28. The minimum absolute atomic E-state index is 0.0549. The molecule has 0 aliphatic heterocycles. The predicted molar refractivity (Wildman–Crippen MR) is 77.7 cm³/mol. The molecule has 1 saturated carbocycles. The molecule has 0 radical (unpaired) electrons. The van der Waals surface area contributed by atoms with E-state index in [1.165, 1.54) is 12.8 Å². The Kier molecular flexibility index (Phi) is 3.85. The molecule has 0 spiro atoms. The van der Waals surface area contributed by atoms with Gasteiger partial charge in [0.2, 0.25) is 0 Å². The number of aromatic nitrogens is 2. The van der Waals surface area contributed by atoms with Crippen LogP contribution in [0.4, 0.5) is 4.79 Å². The van der Waals surface area contributed by atoms with Crippen LogP contribution in [0.1, 0.15) is 31.4 Å². The Labute approximate surface area is 118 Å². The lowest BCUT2D eigenvalue weighted by molar-refractivity contribution is 0.237. The van der Waals surface area contributed by atoms with Gasteiger partial charge >= 0.3 is 6.03 Å². The van der Waals surface area contributed by atoms with Gasteiger partial charge in [0.15, 0.2) is 0 Å². The second-order valence-corrected chi connectivity index (χ2v) is 5.33. The number of carbonyl (C=O) groups excluding carboxylic acids is 1. The molecule has 1 aliphatic rings. The van der Waals surface area contributed by atoms with Crippen LogP contribution in [0.15, 0.2) is 30.6 Å². The highest BCUT2D eigenvalue weighted by atomic mass is 16.2. The lowest BCUT2D eigenvalue weighted by Crippen LogP contribution is -2.41. The van der Waals surface area contributed by atoms with Gasteiger partial charge in [-0.25, -0.2) is 9.78 Å². The molecular weight excluding hydrogens is 252 g/mol. The summed E-state index contributed by atoms with van der Waals surface area (Å²) < 4.78 is 1.99. The van der Waals surface area contributed by atoms with E-state index in [2.05, 4.69) is 15.6 Å². The van der Waals surface area contributed by atoms with Crippen LogP contribution in [-0.4, -0.2) is 28.0 Å². The van der Waals surface area contributed by atoms with Crippen LogP contribution in [0.5, 0.6) is 0 Å². The Bertz CT molecular complexity index is 553. The summed E-state index contributed by atoms with van der Waals surface area (Å²) in [5.74, 6) is 0. The highest BCUT2D eigenvalue weighted by molar-refractivity contribution is 5.74. The zero-order valence-corrected chi connectivity index (χ0v) is 11.5. The Morgan fingerprint density at radius 1 is 1.35 bits per heavy atom. The number of nitrogens with one attached hydrogen (secondary N) is 2. The van der Waals surface area contributed by atoms with Crippen molar-refractivity contribution in [3.63, 3.8) is 0 Å². The zero-order chi connectivity index (χ0) is 13.8. The number of carbonyl (C=O) groups is 1. The molecular formula is C15H20N4O. The monoisotopic (exact) mass is 272 g/mol.